The molecule has 0 spiro atoms. The van der Waals surface area contributed by atoms with E-state index in [2.05, 4.69) is 25.5 Å². The fourth-order valence-electron chi connectivity index (χ4n) is 3.66. The van der Waals surface area contributed by atoms with Crippen molar-refractivity contribution < 1.29 is 14.3 Å². The van der Waals surface area contributed by atoms with Crippen LogP contribution in [0.1, 0.15) is 28.1 Å². The van der Waals surface area contributed by atoms with Crippen molar-refractivity contribution in [2.75, 3.05) is 57.9 Å². The summed E-state index contributed by atoms with van der Waals surface area (Å²) in [7, 11) is 0. The van der Waals surface area contributed by atoms with E-state index in [1.165, 1.54) is 11.3 Å². The van der Waals surface area contributed by atoms with E-state index in [4.69, 9.17) is 9.47 Å². The van der Waals surface area contributed by atoms with Gasteiger partial charge in [-0.1, -0.05) is 0 Å². The molecule has 2 saturated heterocycles. The van der Waals surface area contributed by atoms with Crippen molar-refractivity contribution in [3.8, 4) is 0 Å². The van der Waals surface area contributed by atoms with Crippen molar-refractivity contribution in [3.05, 3.63) is 16.8 Å². The first-order chi connectivity index (χ1) is 13.7. The molecule has 2 aliphatic rings. The number of ether oxygens (including phenoxy) is 2. The Bertz CT molecular complexity index is 815. The second kappa shape index (κ2) is 9.13. The number of nitrogens with zero attached hydrogens (tertiary/aromatic N) is 3. The Morgan fingerprint density at radius 2 is 2.14 bits per heavy atom. The Morgan fingerprint density at radius 1 is 1.29 bits per heavy atom. The van der Waals surface area contributed by atoms with Gasteiger partial charge in [0.25, 0.3) is 5.91 Å². The number of morpholine rings is 1. The molecule has 4 rings (SSSR count). The fraction of sp³-hybridized carbons (Fsp3) is 0.632. The SMILES string of the molecule is Cc1c(C(=O)NC2CCOC2)sc2ncnc(NCCCN3CCOCC3)c12. The number of nitrogens with one attached hydrogen (secondary N) is 2. The van der Waals surface area contributed by atoms with Crippen molar-refractivity contribution in [3.63, 3.8) is 0 Å². The van der Waals surface area contributed by atoms with E-state index in [9.17, 15) is 4.79 Å². The Labute approximate surface area is 168 Å². The summed E-state index contributed by atoms with van der Waals surface area (Å²) in [6.07, 6.45) is 3.46. The predicted molar refractivity (Wildman–Crippen MR) is 109 cm³/mol. The van der Waals surface area contributed by atoms with Gasteiger partial charge in [-0.25, -0.2) is 9.97 Å². The van der Waals surface area contributed by atoms with Crippen molar-refractivity contribution in [1.82, 2.24) is 20.2 Å². The first-order valence-electron chi connectivity index (χ1n) is 9.89. The van der Waals surface area contributed by atoms with Gasteiger partial charge >= 0.3 is 0 Å². The van der Waals surface area contributed by atoms with E-state index in [0.717, 1.165) is 73.8 Å². The molecule has 1 atom stereocenters. The van der Waals surface area contributed by atoms with Crippen molar-refractivity contribution in [1.29, 1.82) is 0 Å². The molecule has 152 valence electrons. The van der Waals surface area contributed by atoms with E-state index >= 15 is 0 Å². The molecule has 8 nitrogen and oxygen atoms in total. The van der Waals surface area contributed by atoms with Crippen LogP contribution in [0.2, 0.25) is 0 Å². The first-order valence-corrected chi connectivity index (χ1v) is 10.7. The lowest BCUT2D eigenvalue weighted by molar-refractivity contribution is 0.0378. The Hall–Kier alpha value is -1.81. The van der Waals surface area contributed by atoms with E-state index in [-0.39, 0.29) is 11.9 Å². The zero-order chi connectivity index (χ0) is 19.3. The molecule has 0 bridgehead atoms. The molecule has 1 amide bonds. The van der Waals surface area contributed by atoms with E-state index < -0.39 is 0 Å². The van der Waals surface area contributed by atoms with Crippen LogP contribution in [0.3, 0.4) is 0 Å². The van der Waals surface area contributed by atoms with Crippen molar-refractivity contribution >= 4 is 33.3 Å². The smallest absolute Gasteiger partial charge is 0.262 e. The minimum Gasteiger partial charge on any atom is -0.379 e. The molecule has 2 aliphatic heterocycles. The van der Waals surface area contributed by atoms with Crippen LogP contribution in [-0.2, 0) is 9.47 Å². The Kier molecular flexibility index (Phi) is 6.36. The molecule has 0 aromatic carbocycles. The van der Waals surface area contributed by atoms with Crippen LogP contribution in [0.25, 0.3) is 10.2 Å². The number of carbonyl (C=O) groups is 1. The summed E-state index contributed by atoms with van der Waals surface area (Å²) in [6, 6.07) is 0.0981. The molecule has 2 fully saturated rings. The number of amides is 1. The van der Waals surface area contributed by atoms with Crippen molar-refractivity contribution in [2.24, 2.45) is 0 Å². The van der Waals surface area contributed by atoms with Gasteiger partial charge in [-0.05, 0) is 31.9 Å². The fourth-order valence-corrected chi connectivity index (χ4v) is 4.71. The average Bonchev–Trinajstić information content (AvgIpc) is 3.34. The van der Waals surface area contributed by atoms with Gasteiger partial charge < -0.3 is 20.1 Å². The van der Waals surface area contributed by atoms with Gasteiger partial charge in [0, 0.05) is 26.2 Å². The third-order valence-electron chi connectivity index (χ3n) is 5.25. The molecule has 0 aliphatic carbocycles. The summed E-state index contributed by atoms with van der Waals surface area (Å²) in [5.41, 5.74) is 0.938. The number of anilines is 1. The lowest BCUT2D eigenvalue weighted by Gasteiger charge is -2.26. The minimum absolute atomic E-state index is 0.0470. The van der Waals surface area contributed by atoms with E-state index in [1.54, 1.807) is 6.33 Å². The van der Waals surface area contributed by atoms with Crippen LogP contribution in [0, 0.1) is 6.92 Å². The largest absolute Gasteiger partial charge is 0.379 e. The minimum atomic E-state index is -0.0470. The van der Waals surface area contributed by atoms with Gasteiger partial charge in [-0.2, -0.15) is 0 Å². The summed E-state index contributed by atoms with van der Waals surface area (Å²) >= 11 is 1.43. The summed E-state index contributed by atoms with van der Waals surface area (Å²) in [4.78, 5) is 25.5. The molecule has 0 saturated carbocycles. The number of thiophene rings is 1. The molecule has 2 N–H and O–H groups in total. The molecule has 4 heterocycles. The maximum atomic E-state index is 12.7. The molecule has 0 radical (unpaired) electrons. The highest BCUT2D eigenvalue weighted by Crippen LogP contribution is 2.33. The normalized spacial score (nSPS) is 20.5. The van der Waals surface area contributed by atoms with Gasteiger partial charge in [0.2, 0.25) is 0 Å². The molecule has 1 unspecified atom stereocenters. The number of hydrogen-bond donors (Lipinski definition) is 2. The molecular weight excluding hydrogens is 378 g/mol. The lowest BCUT2D eigenvalue weighted by Crippen LogP contribution is -2.37. The molecule has 9 heteroatoms. The second-order valence-corrected chi connectivity index (χ2v) is 8.23. The lowest BCUT2D eigenvalue weighted by atomic mass is 10.2. The van der Waals surface area contributed by atoms with Crippen LogP contribution in [0.15, 0.2) is 6.33 Å². The molecular formula is C19H27N5O3S. The number of aromatic nitrogens is 2. The summed E-state index contributed by atoms with van der Waals surface area (Å²) < 4.78 is 10.7. The molecule has 28 heavy (non-hydrogen) atoms. The highest BCUT2D eigenvalue weighted by molar-refractivity contribution is 7.20. The van der Waals surface area contributed by atoms with Gasteiger partial charge in [0.05, 0.1) is 36.1 Å². The number of carbonyl (C=O) groups excluding carboxylic acids is 1. The van der Waals surface area contributed by atoms with E-state index in [0.29, 0.717) is 18.1 Å². The zero-order valence-corrected chi connectivity index (χ0v) is 17.0. The highest BCUT2D eigenvalue weighted by Gasteiger charge is 2.23. The third kappa shape index (κ3) is 4.43. The van der Waals surface area contributed by atoms with Gasteiger partial charge in [-0.3, -0.25) is 9.69 Å². The maximum absolute atomic E-state index is 12.7. The van der Waals surface area contributed by atoms with Crippen LogP contribution in [0.5, 0.6) is 0 Å². The summed E-state index contributed by atoms with van der Waals surface area (Å²) in [6.45, 7) is 8.81. The highest BCUT2D eigenvalue weighted by atomic mass is 32.1. The maximum Gasteiger partial charge on any atom is 0.262 e. The number of fused-ring (bicyclic) bond motifs is 1. The quantitative estimate of drug-likeness (QED) is 0.677. The second-order valence-electron chi connectivity index (χ2n) is 7.23. The summed E-state index contributed by atoms with van der Waals surface area (Å²) in [5.74, 6) is 0.762. The zero-order valence-electron chi connectivity index (χ0n) is 16.2. The van der Waals surface area contributed by atoms with Crippen molar-refractivity contribution in [2.45, 2.75) is 25.8 Å². The predicted octanol–water partition coefficient (Wildman–Crippen LogP) is 1.65. The standard InChI is InChI=1S/C19H27N5O3S/c1-13-15-17(20-4-2-5-24-6-9-26-10-7-24)21-12-22-19(15)28-16(13)18(25)23-14-3-8-27-11-14/h12,14H,2-11H2,1H3,(H,23,25)(H,20,21,22). The number of hydrogen-bond acceptors (Lipinski definition) is 8. The Balaban J connectivity index is 1.40. The summed E-state index contributed by atoms with van der Waals surface area (Å²) in [5, 5.41) is 7.46. The first kappa shape index (κ1) is 19.5. The van der Waals surface area contributed by atoms with Gasteiger partial charge in [0.1, 0.15) is 17.0 Å². The molecule has 2 aromatic rings. The molecule has 2 aromatic heterocycles. The topological polar surface area (TPSA) is 88.6 Å². The van der Waals surface area contributed by atoms with Crippen LogP contribution >= 0.6 is 11.3 Å². The third-order valence-corrected chi connectivity index (χ3v) is 6.44. The monoisotopic (exact) mass is 405 g/mol. The van der Waals surface area contributed by atoms with Gasteiger partial charge in [-0.15, -0.1) is 11.3 Å². The number of rotatable bonds is 7. The van der Waals surface area contributed by atoms with Crippen LogP contribution in [-0.4, -0.2) is 79.4 Å². The van der Waals surface area contributed by atoms with Crippen LogP contribution in [0.4, 0.5) is 5.82 Å². The van der Waals surface area contributed by atoms with Crippen LogP contribution < -0.4 is 10.6 Å². The van der Waals surface area contributed by atoms with Gasteiger partial charge in [0.15, 0.2) is 0 Å². The number of aryl methyl sites for hydroxylation is 1. The Morgan fingerprint density at radius 3 is 2.93 bits per heavy atom. The average molecular weight is 406 g/mol. The van der Waals surface area contributed by atoms with E-state index in [1.807, 2.05) is 6.92 Å².